The van der Waals surface area contributed by atoms with Gasteiger partial charge in [0.2, 0.25) is 0 Å². The molecule has 0 aromatic heterocycles. The average molecular weight is 170 g/mol. The molecule has 0 fully saturated rings. The molecule has 0 aliphatic rings. The first kappa shape index (κ1) is 11.7. The number of allylic oxidation sites excluding steroid dienone is 1. The lowest BCUT2D eigenvalue weighted by Crippen LogP contribution is -1.94. The molecule has 0 rings (SSSR count). The van der Waals surface area contributed by atoms with E-state index < -0.39 is 0 Å². The van der Waals surface area contributed by atoms with Crippen LogP contribution in [0.4, 0.5) is 0 Å². The van der Waals surface area contributed by atoms with Crippen molar-refractivity contribution in [3.8, 4) is 0 Å². The van der Waals surface area contributed by atoms with Crippen molar-refractivity contribution in [3.63, 3.8) is 0 Å². The molecule has 1 heteroatoms. The van der Waals surface area contributed by atoms with Crippen LogP contribution in [0.25, 0.3) is 0 Å². The fraction of sp³-hybridized carbons (Fsp3) is 0.818. The Hall–Kier alpha value is -0.300. The lowest BCUT2D eigenvalue weighted by atomic mass is 10.2. The predicted octanol–water partition coefficient (Wildman–Crippen LogP) is 3.55. The molecule has 0 aromatic carbocycles. The molecule has 0 saturated heterocycles. The van der Waals surface area contributed by atoms with Gasteiger partial charge in [-0.15, -0.1) is 0 Å². The summed E-state index contributed by atoms with van der Waals surface area (Å²) in [7, 11) is 0. The molecule has 0 amide bonds. The van der Waals surface area contributed by atoms with Gasteiger partial charge in [0.1, 0.15) is 0 Å². The van der Waals surface area contributed by atoms with Gasteiger partial charge in [-0.1, -0.05) is 38.3 Å². The highest BCUT2D eigenvalue weighted by atomic mass is 16.5. The van der Waals surface area contributed by atoms with Gasteiger partial charge in [-0.2, -0.15) is 0 Å². The number of hydrogen-bond acceptors (Lipinski definition) is 1. The molecule has 0 bridgehead atoms. The van der Waals surface area contributed by atoms with Crippen LogP contribution in [0.2, 0.25) is 0 Å². The zero-order chi connectivity index (χ0) is 9.23. The summed E-state index contributed by atoms with van der Waals surface area (Å²) in [5, 5.41) is 0. The first-order valence-corrected chi connectivity index (χ1v) is 5.04. The van der Waals surface area contributed by atoms with Crippen molar-refractivity contribution >= 4 is 0 Å². The first-order valence-electron chi connectivity index (χ1n) is 5.04. The first-order chi connectivity index (χ1) is 5.81. The van der Waals surface area contributed by atoms with E-state index in [-0.39, 0.29) is 0 Å². The molecular weight excluding hydrogens is 148 g/mol. The predicted molar refractivity (Wildman–Crippen MR) is 54.4 cm³/mol. The minimum atomic E-state index is 0.795. The Kier molecular flexibility index (Phi) is 8.57. The Morgan fingerprint density at radius 1 is 1.25 bits per heavy atom. The normalized spacial score (nSPS) is 12.1. The Morgan fingerprint density at radius 2 is 2.00 bits per heavy atom. The summed E-state index contributed by atoms with van der Waals surface area (Å²) >= 11 is 0. The fourth-order valence-corrected chi connectivity index (χ4v) is 0.883. The van der Waals surface area contributed by atoms with E-state index in [2.05, 4.69) is 26.8 Å². The third-order valence-corrected chi connectivity index (χ3v) is 2.00. The van der Waals surface area contributed by atoms with Gasteiger partial charge in [-0.25, -0.2) is 0 Å². The molecule has 0 atom stereocenters. The van der Waals surface area contributed by atoms with Crippen LogP contribution < -0.4 is 0 Å². The molecule has 0 aromatic rings. The molecule has 0 aliphatic carbocycles. The van der Waals surface area contributed by atoms with Crippen molar-refractivity contribution in [2.45, 2.75) is 46.5 Å². The van der Waals surface area contributed by atoms with Crippen LogP contribution in [0.5, 0.6) is 0 Å². The zero-order valence-corrected chi connectivity index (χ0v) is 8.73. The monoisotopic (exact) mass is 170 g/mol. The topological polar surface area (TPSA) is 9.23 Å². The summed E-state index contributed by atoms with van der Waals surface area (Å²) in [5.74, 6) is 0. The van der Waals surface area contributed by atoms with E-state index in [0.717, 1.165) is 19.6 Å². The highest BCUT2D eigenvalue weighted by Crippen LogP contribution is 1.98. The van der Waals surface area contributed by atoms with E-state index in [0.29, 0.717) is 0 Å². The SMILES string of the molecule is CCCCCOCC=C(C)CC. The lowest BCUT2D eigenvalue weighted by Gasteiger charge is -2.00. The Labute approximate surface area is 76.8 Å². The summed E-state index contributed by atoms with van der Waals surface area (Å²) in [4.78, 5) is 0. The highest BCUT2D eigenvalue weighted by molar-refractivity contribution is 4.96. The number of unbranched alkanes of at least 4 members (excludes halogenated alkanes) is 2. The number of rotatable bonds is 7. The number of ether oxygens (including phenoxy) is 1. The maximum absolute atomic E-state index is 5.43. The van der Waals surface area contributed by atoms with Crippen molar-refractivity contribution < 1.29 is 4.74 Å². The van der Waals surface area contributed by atoms with Gasteiger partial charge in [0.15, 0.2) is 0 Å². The van der Waals surface area contributed by atoms with Crippen molar-refractivity contribution in [1.29, 1.82) is 0 Å². The molecular formula is C11H22O. The van der Waals surface area contributed by atoms with Gasteiger partial charge in [0.25, 0.3) is 0 Å². The van der Waals surface area contributed by atoms with Crippen molar-refractivity contribution in [1.82, 2.24) is 0 Å². The van der Waals surface area contributed by atoms with E-state index in [9.17, 15) is 0 Å². The summed E-state index contributed by atoms with van der Waals surface area (Å²) in [6, 6.07) is 0. The quantitative estimate of drug-likeness (QED) is 0.419. The van der Waals surface area contributed by atoms with Crippen LogP contribution in [-0.2, 0) is 4.74 Å². The van der Waals surface area contributed by atoms with E-state index >= 15 is 0 Å². The molecule has 0 spiro atoms. The smallest absolute Gasteiger partial charge is 0.0649 e. The third-order valence-electron chi connectivity index (χ3n) is 2.00. The fourth-order valence-electron chi connectivity index (χ4n) is 0.883. The third kappa shape index (κ3) is 7.80. The Bertz CT molecular complexity index is 116. The standard InChI is InChI=1S/C11H22O/c1-4-6-7-9-12-10-8-11(3)5-2/h8H,4-7,9-10H2,1-3H3. The molecule has 12 heavy (non-hydrogen) atoms. The summed E-state index contributed by atoms with van der Waals surface area (Å²) in [6.45, 7) is 8.24. The molecule has 0 heterocycles. The van der Waals surface area contributed by atoms with Gasteiger partial charge in [0, 0.05) is 6.61 Å². The van der Waals surface area contributed by atoms with Gasteiger partial charge in [-0.05, 0) is 19.8 Å². The molecule has 1 nitrogen and oxygen atoms in total. The molecule has 0 unspecified atom stereocenters. The van der Waals surface area contributed by atoms with E-state index in [1.165, 1.54) is 24.8 Å². The van der Waals surface area contributed by atoms with Crippen LogP contribution in [0, 0.1) is 0 Å². The molecule has 0 aliphatic heterocycles. The second-order valence-corrected chi connectivity index (χ2v) is 3.19. The zero-order valence-electron chi connectivity index (χ0n) is 8.73. The maximum atomic E-state index is 5.43. The Balaban J connectivity index is 3.10. The van der Waals surface area contributed by atoms with Crippen LogP contribution >= 0.6 is 0 Å². The minimum absolute atomic E-state index is 0.795. The van der Waals surface area contributed by atoms with Crippen LogP contribution in [0.3, 0.4) is 0 Å². The molecule has 0 saturated carbocycles. The molecule has 0 N–H and O–H groups in total. The molecule has 72 valence electrons. The molecule has 0 radical (unpaired) electrons. The second-order valence-electron chi connectivity index (χ2n) is 3.19. The van der Waals surface area contributed by atoms with E-state index in [4.69, 9.17) is 4.74 Å². The van der Waals surface area contributed by atoms with Crippen molar-refractivity contribution in [2.24, 2.45) is 0 Å². The van der Waals surface area contributed by atoms with E-state index in [1.807, 2.05) is 0 Å². The Morgan fingerprint density at radius 3 is 2.58 bits per heavy atom. The van der Waals surface area contributed by atoms with Crippen LogP contribution in [-0.4, -0.2) is 13.2 Å². The van der Waals surface area contributed by atoms with Gasteiger partial charge < -0.3 is 4.74 Å². The van der Waals surface area contributed by atoms with Gasteiger partial charge in [-0.3, -0.25) is 0 Å². The van der Waals surface area contributed by atoms with Crippen LogP contribution in [0.1, 0.15) is 46.5 Å². The van der Waals surface area contributed by atoms with Gasteiger partial charge >= 0.3 is 0 Å². The second kappa shape index (κ2) is 8.79. The van der Waals surface area contributed by atoms with Gasteiger partial charge in [0.05, 0.1) is 6.61 Å². The average Bonchev–Trinajstić information content (AvgIpc) is 2.10. The largest absolute Gasteiger partial charge is 0.377 e. The van der Waals surface area contributed by atoms with Crippen LogP contribution in [0.15, 0.2) is 11.6 Å². The number of hydrogen-bond donors (Lipinski definition) is 0. The highest BCUT2D eigenvalue weighted by Gasteiger charge is 1.86. The maximum Gasteiger partial charge on any atom is 0.0649 e. The summed E-state index contributed by atoms with van der Waals surface area (Å²) in [5.41, 5.74) is 1.42. The van der Waals surface area contributed by atoms with Crippen molar-refractivity contribution in [2.75, 3.05) is 13.2 Å². The summed E-state index contributed by atoms with van der Waals surface area (Å²) in [6.07, 6.45) is 7.07. The lowest BCUT2D eigenvalue weighted by molar-refractivity contribution is 0.157. The minimum Gasteiger partial charge on any atom is -0.377 e. The van der Waals surface area contributed by atoms with E-state index in [1.54, 1.807) is 0 Å². The summed E-state index contributed by atoms with van der Waals surface area (Å²) < 4.78 is 5.43. The van der Waals surface area contributed by atoms with Crippen molar-refractivity contribution in [3.05, 3.63) is 11.6 Å².